The van der Waals surface area contributed by atoms with Gasteiger partial charge < -0.3 is 19.2 Å². The first-order valence-electron chi connectivity index (χ1n) is 6.41. The third-order valence-electron chi connectivity index (χ3n) is 4.06. The van der Waals surface area contributed by atoms with Crippen molar-refractivity contribution in [1.82, 2.24) is 0 Å². The highest BCUT2D eigenvalue weighted by Gasteiger charge is 2.52. The smallest absolute Gasteiger partial charge is 0.498 e. The summed E-state index contributed by atoms with van der Waals surface area (Å²) < 4.78 is 17.1. The van der Waals surface area contributed by atoms with Crippen LogP contribution in [0.15, 0.2) is 12.1 Å². The summed E-state index contributed by atoms with van der Waals surface area (Å²) in [5.41, 5.74) is 0.710. The number of aryl methyl sites for hydroxylation is 1. The van der Waals surface area contributed by atoms with Crippen LogP contribution in [0.25, 0.3) is 0 Å². The summed E-state index contributed by atoms with van der Waals surface area (Å²) in [6, 6.07) is 3.44. The van der Waals surface area contributed by atoms with E-state index in [0.29, 0.717) is 11.2 Å². The number of hydrogen-bond acceptors (Lipinski definition) is 4. The highest BCUT2D eigenvalue weighted by molar-refractivity contribution is 6.63. The van der Waals surface area contributed by atoms with E-state index in [2.05, 4.69) is 0 Å². The van der Waals surface area contributed by atoms with Crippen molar-refractivity contribution < 1.29 is 19.2 Å². The lowest BCUT2D eigenvalue weighted by Crippen LogP contribution is -2.41. The van der Waals surface area contributed by atoms with E-state index >= 15 is 0 Å². The van der Waals surface area contributed by atoms with Gasteiger partial charge in [0.1, 0.15) is 11.5 Å². The molecule has 1 fully saturated rings. The standard InChI is InChI=1S/C14H21BO4/c1-9-7-10(17-6)8-11(16)12(9)15-18-13(2,3)14(4,5)19-15/h7-8,16H,1-6H3. The third-order valence-corrected chi connectivity index (χ3v) is 4.06. The fourth-order valence-electron chi connectivity index (χ4n) is 2.13. The van der Waals surface area contributed by atoms with Crippen LogP contribution in [-0.4, -0.2) is 30.5 Å². The topological polar surface area (TPSA) is 47.9 Å². The minimum Gasteiger partial charge on any atom is -0.508 e. The Bertz CT molecular complexity index is 457. The lowest BCUT2D eigenvalue weighted by Gasteiger charge is -2.32. The number of aromatic hydroxyl groups is 1. The van der Waals surface area contributed by atoms with E-state index in [1.165, 1.54) is 0 Å². The van der Waals surface area contributed by atoms with E-state index in [-0.39, 0.29) is 5.75 Å². The Morgan fingerprint density at radius 3 is 2.05 bits per heavy atom. The van der Waals surface area contributed by atoms with Crippen molar-refractivity contribution in [3.05, 3.63) is 17.7 Å². The summed E-state index contributed by atoms with van der Waals surface area (Å²) in [5.74, 6) is 0.755. The molecule has 0 unspecified atom stereocenters. The second-order valence-corrected chi connectivity index (χ2v) is 5.97. The van der Waals surface area contributed by atoms with Crippen LogP contribution in [0.2, 0.25) is 0 Å². The zero-order chi connectivity index (χ0) is 14.4. The summed E-state index contributed by atoms with van der Waals surface area (Å²) in [6.45, 7) is 9.86. The molecule has 1 saturated heterocycles. The molecule has 19 heavy (non-hydrogen) atoms. The lowest BCUT2D eigenvalue weighted by atomic mass is 9.75. The average Bonchev–Trinajstić information content (AvgIpc) is 2.46. The second kappa shape index (κ2) is 4.42. The highest BCUT2D eigenvalue weighted by Crippen LogP contribution is 2.37. The van der Waals surface area contributed by atoms with Crippen molar-refractivity contribution >= 4 is 12.6 Å². The molecule has 4 nitrogen and oxygen atoms in total. The molecule has 0 amide bonds. The molecule has 0 radical (unpaired) electrons. The molecule has 0 saturated carbocycles. The van der Waals surface area contributed by atoms with E-state index in [4.69, 9.17) is 14.0 Å². The fourth-order valence-corrected chi connectivity index (χ4v) is 2.13. The largest absolute Gasteiger partial charge is 0.508 e. The fraction of sp³-hybridized carbons (Fsp3) is 0.571. The monoisotopic (exact) mass is 264 g/mol. The van der Waals surface area contributed by atoms with Crippen molar-refractivity contribution in [2.75, 3.05) is 7.11 Å². The molecule has 0 aromatic heterocycles. The van der Waals surface area contributed by atoms with Gasteiger partial charge in [0.2, 0.25) is 0 Å². The molecule has 104 valence electrons. The van der Waals surface area contributed by atoms with E-state index < -0.39 is 18.3 Å². The van der Waals surface area contributed by atoms with Gasteiger partial charge in [-0.2, -0.15) is 0 Å². The van der Waals surface area contributed by atoms with E-state index in [0.717, 1.165) is 5.56 Å². The Morgan fingerprint density at radius 1 is 1.11 bits per heavy atom. The minimum atomic E-state index is -0.559. The Labute approximate surface area is 114 Å². The molecule has 0 atom stereocenters. The molecule has 1 aliphatic rings. The van der Waals surface area contributed by atoms with Crippen LogP contribution < -0.4 is 10.2 Å². The molecular formula is C14H21BO4. The Morgan fingerprint density at radius 2 is 1.63 bits per heavy atom. The van der Waals surface area contributed by atoms with Gasteiger partial charge in [-0.05, 0) is 46.2 Å². The van der Waals surface area contributed by atoms with Crippen LogP contribution in [0.1, 0.15) is 33.3 Å². The number of ether oxygens (including phenoxy) is 1. The van der Waals surface area contributed by atoms with Gasteiger partial charge in [0.15, 0.2) is 0 Å². The average molecular weight is 264 g/mol. The number of phenolic OH excluding ortho intramolecular Hbond substituents is 1. The van der Waals surface area contributed by atoms with E-state index in [1.54, 1.807) is 13.2 Å². The predicted octanol–water partition coefficient (Wildman–Crippen LogP) is 2.01. The van der Waals surface area contributed by atoms with E-state index in [9.17, 15) is 5.11 Å². The van der Waals surface area contributed by atoms with Gasteiger partial charge in [0.05, 0.1) is 18.3 Å². The van der Waals surface area contributed by atoms with Gasteiger partial charge in [-0.15, -0.1) is 0 Å². The lowest BCUT2D eigenvalue weighted by molar-refractivity contribution is 0.00578. The number of hydrogen-bond donors (Lipinski definition) is 1. The zero-order valence-corrected chi connectivity index (χ0v) is 12.4. The van der Waals surface area contributed by atoms with Crippen LogP contribution >= 0.6 is 0 Å². The van der Waals surface area contributed by atoms with Gasteiger partial charge >= 0.3 is 7.12 Å². The first kappa shape index (κ1) is 14.2. The first-order chi connectivity index (χ1) is 8.68. The summed E-state index contributed by atoms with van der Waals surface area (Å²) in [5, 5.41) is 10.2. The van der Waals surface area contributed by atoms with Gasteiger partial charge in [-0.1, -0.05) is 0 Å². The number of rotatable bonds is 2. The Balaban J connectivity index is 2.40. The molecule has 5 heteroatoms. The van der Waals surface area contributed by atoms with Crippen molar-refractivity contribution in [3.63, 3.8) is 0 Å². The second-order valence-electron chi connectivity index (χ2n) is 5.97. The van der Waals surface area contributed by atoms with Crippen LogP contribution in [0.4, 0.5) is 0 Å². The first-order valence-corrected chi connectivity index (χ1v) is 6.41. The maximum absolute atomic E-state index is 10.2. The molecule has 1 aromatic rings. The van der Waals surface area contributed by atoms with E-state index in [1.807, 2.05) is 40.7 Å². The molecule has 2 rings (SSSR count). The molecule has 0 aliphatic carbocycles. The summed E-state index contributed by atoms with van der Waals surface area (Å²) in [7, 11) is 1.01. The van der Waals surface area contributed by atoms with Gasteiger partial charge in [-0.25, -0.2) is 0 Å². The van der Waals surface area contributed by atoms with Crippen LogP contribution in [0, 0.1) is 6.92 Å². The van der Waals surface area contributed by atoms with Crippen LogP contribution in [0.5, 0.6) is 11.5 Å². The Kier molecular flexibility index (Phi) is 3.31. The molecule has 1 heterocycles. The predicted molar refractivity (Wildman–Crippen MR) is 75.1 cm³/mol. The molecular weight excluding hydrogens is 243 g/mol. The van der Waals surface area contributed by atoms with Crippen molar-refractivity contribution in [2.45, 2.75) is 45.8 Å². The number of benzene rings is 1. The van der Waals surface area contributed by atoms with Crippen molar-refractivity contribution in [1.29, 1.82) is 0 Å². The maximum Gasteiger partial charge on any atom is 0.498 e. The van der Waals surface area contributed by atoms with Gasteiger partial charge in [0.25, 0.3) is 0 Å². The van der Waals surface area contributed by atoms with Crippen molar-refractivity contribution in [2.24, 2.45) is 0 Å². The summed E-state index contributed by atoms with van der Waals surface area (Å²) in [4.78, 5) is 0. The zero-order valence-electron chi connectivity index (χ0n) is 12.4. The van der Waals surface area contributed by atoms with Crippen molar-refractivity contribution in [3.8, 4) is 11.5 Å². The quantitative estimate of drug-likeness (QED) is 0.830. The molecule has 1 N–H and O–H groups in total. The van der Waals surface area contributed by atoms with Crippen LogP contribution in [0.3, 0.4) is 0 Å². The normalized spacial score (nSPS) is 20.6. The van der Waals surface area contributed by atoms with Gasteiger partial charge in [0, 0.05) is 11.5 Å². The number of phenols is 1. The van der Waals surface area contributed by atoms with Gasteiger partial charge in [-0.3, -0.25) is 0 Å². The highest BCUT2D eigenvalue weighted by atomic mass is 16.7. The molecule has 1 aromatic carbocycles. The third kappa shape index (κ3) is 2.32. The molecule has 0 spiro atoms. The minimum absolute atomic E-state index is 0.135. The molecule has 0 bridgehead atoms. The molecule has 1 aliphatic heterocycles. The summed E-state index contributed by atoms with van der Waals surface area (Å²) >= 11 is 0. The Hall–Kier alpha value is -1.20. The van der Waals surface area contributed by atoms with Crippen LogP contribution in [-0.2, 0) is 9.31 Å². The summed E-state index contributed by atoms with van der Waals surface area (Å²) in [6.07, 6.45) is 0. The maximum atomic E-state index is 10.2. The number of methoxy groups -OCH3 is 1. The SMILES string of the molecule is COc1cc(C)c(B2OC(C)(C)C(C)(C)O2)c(O)c1.